The van der Waals surface area contributed by atoms with E-state index in [1.165, 1.54) is 31.2 Å². The van der Waals surface area contributed by atoms with Gasteiger partial charge in [-0.3, -0.25) is 11.3 Å². The molecule has 1 aromatic rings. The molecule has 0 aliphatic heterocycles. The van der Waals surface area contributed by atoms with Crippen molar-refractivity contribution >= 4 is 0 Å². The number of nitrogens with one attached hydrogen (secondary N) is 1. The van der Waals surface area contributed by atoms with Gasteiger partial charge in [0.2, 0.25) is 0 Å². The minimum absolute atomic E-state index is 0.154. The van der Waals surface area contributed by atoms with E-state index in [-0.39, 0.29) is 5.82 Å². The maximum Gasteiger partial charge on any atom is 0.123 e. The summed E-state index contributed by atoms with van der Waals surface area (Å²) in [5.41, 5.74) is 5.26. The first-order valence-corrected chi connectivity index (χ1v) is 7.42. The molecular weight excluding hydrogens is 239 g/mol. The number of benzene rings is 1. The number of aryl methyl sites for hydroxylation is 1. The van der Waals surface area contributed by atoms with Crippen molar-refractivity contribution in [3.05, 3.63) is 35.1 Å². The number of hydrogen-bond acceptors (Lipinski definition) is 2. The molecule has 2 fully saturated rings. The van der Waals surface area contributed by atoms with Crippen LogP contribution >= 0.6 is 0 Å². The van der Waals surface area contributed by atoms with E-state index in [0.29, 0.717) is 6.04 Å². The van der Waals surface area contributed by atoms with E-state index < -0.39 is 0 Å². The van der Waals surface area contributed by atoms with Crippen molar-refractivity contribution in [2.24, 2.45) is 23.6 Å². The van der Waals surface area contributed by atoms with E-state index in [1.807, 2.05) is 13.0 Å². The normalized spacial score (nSPS) is 30.8. The molecule has 3 unspecified atom stereocenters. The van der Waals surface area contributed by atoms with Crippen LogP contribution in [0.2, 0.25) is 0 Å². The van der Waals surface area contributed by atoms with Crippen molar-refractivity contribution in [2.75, 3.05) is 0 Å². The quantitative estimate of drug-likeness (QED) is 0.647. The second-order valence-electron chi connectivity index (χ2n) is 6.24. The standard InChI is InChI=1S/C16H23FN2/c1-10-8-12(17)7-6-11(10)9-15(19-18)16-13-4-2-3-5-14(13)16/h6-8,13-16,19H,2-5,9,18H2,1H3. The molecule has 0 spiro atoms. The fourth-order valence-electron chi connectivity index (χ4n) is 4.08. The minimum atomic E-state index is -0.154. The molecule has 104 valence electrons. The van der Waals surface area contributed by atoms with E-state index in [0.717, 1.165) is 29.7 Å². The Balaban J connectivity index is 1.70. The van der Waals surface area contributed by atoms with Gasteiger partial charge in [-0.2, -0.15) is 0 Å². The number of fused-ring (bicyclic) bond motifs is 1. The Bertz CT molecular complexity index is 448. The molecule has 2 saturated carbocycles. The third kappa shape index (κ3) is 2.54. The summed E-state index contributed by atoms with van der Waals surface area (Å²) in [5.74, 6) is 8.12. The molecular formula is C16H23FN2. The summed E-state index contributed by atoms with van der Waals surface area (Å²) < 4.78 is 13.1. The van der Waals surface area contributed by atoms with Crippen molar-refractivity contribution in [1.29, 1.82) is 0 Å². The van der Waals surface area contributed by atoms with Gasteiger partial charge in [0.25, 0.3) is 0 Å². The molecule has 0 heterocycles. The van der Waals surface area contributed by atoms with Crippen molar-refractivity contribution in [3.63, 3.8) is 0 Å². The van der Waals surface area contributed by atoms with Crippen LogP contribution in [0.15, 0.2) is 18.2 Å². The highest BCUT2D eigenvalue weighted by Gasteiger charge is 2.53. The maximum absolute atomic E-state index is 13.1. The molecule has 2 nitrogen and oxygen atoms in total. The van der Waals surface area contributed by atoms with Gasteiger partial charge >= 0.3 is 0 Å². The highest BCUT2D eigenvalue weighted by Crippen LogP contribution is 2.57. The van der Waals surface area contributed by atoms with Gasteiger partial charge in [0, 0.05) is 6.04 Å². The average Bonchev–Trinajstić information content (AvgIpc) is 3.12. The SMILES string of the molecule is Cc1cc(F)ccc1CC(NN)C1C2CCCCC21. The number of hydrazine groups is 1. The summed E-state index contributed by atoms with van der Waals surface area (Å²) in [6.07, 6.45) is 6.42. The molecule has 3 rings (SSSR count). The lowest BCUT2D eigenvalue weighted by atomic mass is 9.97. The lowest BCUT2D eigenvalue weighted by Crippen LogP contribution is -2.39. The Hall–Kier alpha value is -0.930. The molecule has 1 aromatic carbocycles. The largest absolute Gasteiger partial charge is 0.271 e. The highest BCUT2D eigenvalue weighted by molar-refractivity contribution is 5.28. The molecule has 3 N–H and O–H groups in total. The summed E-state index contributed by atoms with van der Waals surface area (Å²) >= 11 is 0. The lowest BCUT2D eigenvalue weighted by molar-refractivity contribution is 0.436. The Labute approximate surface area is 114 Å². The first-order chi connectivity index (χ1) is 9.20. The number of rotatable bonds is 4. The molecule has 0 aromatic heterocycles. The van der Waals surface area contributed by atoms with Crippen LogP contribution < -0.4 is 11.3 Å². The molecule has 0 radical (unpaired) electrons. The smallest absolute Gasteiger partial charge is 0.123 e. The van der Waals surface area contributed by atoms with E-state index in [2.05, 4.69) is 5.43 Å². The van der Waals surface area contributed by atoms with Gasteiger partial charge in [0.1, 0.15) is 5.82 Å². The summed E-state index contributed by atoms with van der Waals surface area (Å²) in [6, 6.07) is 5.41. The summed E-state index contributed by atoms with van der Waals surface area (Å²) in [5, 5.41) is 0. The zero-order chi connectivity index (χ0) is 13.4. The fourth-order valence-corrected chi connectivity index (χ4v) is 4.08. The molecule has 3 atom stereocenters. The molecule has 0 amide bonds. The van der Waals surface area contributed by atoms with Crippen LogP contribution in [-0.4, -0.2) is 6.04 Å². The Morgan fingerprint density at radius 2 is 2.00 bits per heavy atom. The van der Waals surface area contributed by atoms with E-state index in [4.69, 9.17) is 5.84 Å². The monoisotopic (exact) mass is 262 g/mol. The molecule has 3 heteroatoms. The summed E-state index contributed by atoms with van der Waals surface area (Å²) in [6.45, 7) is 1.98. The summed E-state index contributed by atoms with van der Waals surface area (Å²) in [7, 11) is 0. The van der Waals surface area contributed by atoms with Gasteiger partial charge in [0.15, 0.2) is 0 Å². The van der Waals surface area contributed by atoms with Gasteiger partial charge in [-0.1, -0.05) is 18.9 Å². The van der Waals surface area contributed by atoms with E-state index in [1.54, 1.807) is 12.1 Å². The minimum Gasteiger partial charge on any atom is -0.271 e. The van der Waals surface area contributed by atoms with Crippen LogP contribution in [0, 0.1) is 30.5 Å². The van der Waals surface area contributed by atoms with Crippen molar-refractivity contribution in [3.8, 4) is 0 Å². The van der Waals surface area contributed by atoms with Crippen LogP contribution in [0.1, 0.15) is 36.8 Å². The summed E-state index contributed by atoms with van der Waals surface area (Å²) in [4.78, 5) is 0. The Morgan fingerprint density at radius 3 is 2.58 bits per heavy atom. The van der Waals surface area contributed by atoms with Crippen LogP contribution in [-0.2, 0) is 6.42 Å². The molecule has 2 aliphatic rings. The van der Waals surface area contributed by atoms with Gasteiger partial charge in [-0.15, -0.1) is 0 Å². The third-order valence-electron chi connectivity index (χ3n) is 5.15. The van der Waals surface area contributed by atoms with Crippen LogP contribution in [0.25, 0.3) is 0 Å². The number of hydrogen-bond donors (Lipinski definition) is 2. The Morgan fingerprint density at radius 1 is 1.32 bits per heavy atom. The van der Waals surface area contributed by atoms with Gasteiger partial charge < -0.3 is 0 Å². The van der Waals surface area contributed by atoms with Crippen LogP contribution in [0.3, 0.4) is 0 Å². The van der Waals surface area contributed by atoms with E-state index >= 15 is 0 Å². The number of nitrogens with two attached hydrogens (primary N) is 1. The van der Waals surface area contributed by atoms with Crippen molar-refractivity contribution in [2.45, 2.75) is 45.1 Å². The first kappa shape index (κ1) is 13.1. The maximum atomic E-state index is 13.1. The molecule has 0 saturated heterocycles. The Kier molecular flexibility index (Phi) is 3.59. The molecule has 19 heavy (non-hydrogen) atoms. The first-order valence-electron chi connectivity index (χ1n) is 7.42. The second kappa shape index (κ2) is 5.22. The predicted molar refractivity (Wildman–Crippen MR) is 74.9 cm³/mol. The van der Waals surface area contributed by atoms with Gasteiger partial charge in [0.05, 0.1) is 0 Å². The highest BCUT2D eigenvalue weighted by atomic mass is 19.1. The predicted octanol–water partition coefficient (Wildman–Crippen LogP) is 2.94. The van der Waals surface area contributed by atoms with Gasteiger partial charge in [-0.25, -0.2) is 4.39 Å². The lowest BCUT2D eigenvalue weighted by Gasteiger charge is -2.17. The van der Waals surface area contributed by atoms with Crippen LogP contribution in [0.4, 0.5) is 4.39 Å². The van der Waals surface area contributed by atoms with Crippen molar-refractivity contribution in [1.82, 2.24) is 5.43 Å². The third-order valence-corrected chi connectivity index (χ3v) is 5.15. The topological polar surface area (TPSA) is 38.0 Å². The number of halogens is 1. The zero-order valence-electron chi connectivity index (χ0n) is 11.5. The molecule has 2 aliphatic carbocycles. The fraction of sp³-hybridized carbons (Fsp3) is 0.625. The molecule has 0 bridgehead atoms. The second-order valence-corrected chi connectivity index (χ2v) is 6.24. The van der Waals surface area contributed by atoms with Crippen molar-refractivity contribution < 1.29 is 4.39 Å². The van der Waals surface area contributed by atoms with Crippen LogP contribution in [0.5, 0.6) is 0 Å². The van der Waals surface area contributed by atoms with E-state index in [9.17, 15) is 4.39 Å². The average molecular weight is 262 g/mol. The van der Waals surface area contributed by atoms with Gasteiger partial charge in [-0.05, 0) is 67.2 Å². The zero-order valence-corrected chi connectivity index (χ0v) is 11.5.